The second-order valence-corrected chi connectivity index (χ2v) is 5.01. The quantitative estimate of drug-likeness (QED) is 0.934. The van der Waals surface area contributed by atoms with Gasteiger partial charge in [0.2, 0.25) is 5.88 Å². The van der Waals surface area contributed by atoms with Crippen molar-refractivity contribution in [1.82, 2.24) is 4.98 Å². The molecule has 0 amide bonds. The van der Waals surface area contributed by atoms with Crippen molar-refractivity contribution < 1.29 is 4.74 Å². The molecule has 0 atom stereocenters. The van der Waals surface area contributed by atoms with Crippen LogP contribution in [0.3, 0.4) is 0 Å². The normalized spacial score (nSPS) is 10.4. The smallest absolute Gasteiger partial charge is 0.233 e. The molecule has 0 saturated heterocycles. The van der Waals surface area contributed by atoms with E-state index in [9.17, 15) is 0 Å². The number of nitrogens with two attached hydrogens (primary N) is 1. The van der Waals surface area contributed by atoms with Gasteiger partial charge in [0.1, 0.15) is 11.6 Å². The number of ether oxygens (including phenoxy) is 1. The molecule has 0 aliphatic rings. The summed E-state index contributed by atoms with van der Waals surface area (Å²) in [6.07, 6.45) is 1.64. The summed E-state index contributed by atoms with van der Waals surface area (Å²) in [4.78, 5) is 4.10. The van der Waals surface area contributed by atoms with E-state index in [4.69, 9.17) is 22.1 Å². The summed E-state index contributed by atoms with van der Waals surface area (Å²) in [5.41, 5.74) is 7.44. The highest BCUT2D eigenvalue weighted by Crippen LogP contribution is 2.26. The predicted molar refractivity (Wildman–Crippen MR) is 75.6 cm³/mol. The molecule has 1 heterocycles. The minimum absolute atomic E-state index is 0.370. The third kappa shape index (κ3) is 3.22. The Kier molecular flexibility index (Phi) is 4.58. The lowest BCUT2D eigenvalue weighted by atomic mass is 10.2. The van der Waals surface area contributed by atoms with E-state index in [2.05, 4.69) is 20.9 Å². The first-order valence-electron chi connectivity index (χ1n) is 5.41. The average Bonchev–Trinajstić information content (AvgIpc) is 2.38. The van der Waals surface area contributed by atoms with Gasteiger partial charge in [0.05, 0.1) is 0 Å². The van der Waals surface area contributed by atoms with Crippen LogP contribution < -0.4 is 10.5 Å². The minimum Gasteiger partial charge on any atom is -0.472 e. The van der Waals surface area contributed by atoms with Crippen LogP contribution in [-0.2, 0) is 13.2 Å². The molecule has 2 N–H and O–H groups in total. The topological polar surface area (TPSA) is 48.1 Å². The Morgan fingerprint density at radius 1 is 1.33 bits per heavy atom. The van der Waals surface area contributed by atoms with Gasteiger partial charge in [-0.15, -0.1) is 0 Å². The third-order valence-corrected chi connectivity index (χ3v) is 3.32. The lowest BCUT2D eigenvalue weighted by molar-refractivity contribution is 0.293. The molecule has 18 heavy (non-hydrogen) atoms. The van der Waals surface area contributed by atoms with Crippen LogP contribution in [0.25, 0.3) is 0 Å². The number of pyridine rings is 1. The zero-order chi connectivity index (χ0) is 13.0. The number of rotatable bonds is 4. The van der Waals surface area contributed by atoms with E-state index in [1.807, 2.05) is 24.3 Å². The molecule has 1 aromatic heterocycles. The molecule has 2 aromatic rings. The molecular weight excluding hydrogens is 316 g/mol. The van der Waals surface area contributed by atoms with Crippen LogP contribution in [0, 0.1) is 0 Å². The molecule has 5 heteroatoms. The van der Waals surface area contributed by atoms with Gasteiger partial charge in [0.25, 0.3) is 0 Å². The molecule has 1 aromatic carbocycles. The van der Waals surface area contributed by atoms with Crippen LogP contribution in [0.5, 0.6) is 5.88 Å². The van der Waals surface area contributed by atoms with Crippen molar-refractivity contribution >= 4 is 27.5 Å². The Hall–Kier alpha value is -1.10. The molecule has 0 unspecified atom stereocenters. The molecule has 0 aliphatic carbocycles. The first kappa shape index (κ1) is 13.3. The number of aromatic nitrogens is 1. The van der Waals surface area contributed by atoms with Crippen LogP contribution in [0.1, 0.15) is 11.1 Å². The maximum Gasteiger partial charge on any atom is 0.233 e. The molecule has 0 saturated carbocycles. The lowest BCUT2D eigenvalue weighted by Crippen LogP contribution is -2.02. The largest absolute Gasteiger partial charge is 0.472 e. The molecule has 0 aliphatic heterocycles. The van der Waals surface area contributed by atoms with Crippen molar-refractivity contribution in [2.24, 2.45) is 5.73 Å². The summed E-state index contributed by atoms with van der Waals surface area (Å²) >= 11 is 9.54. The first-order chi connectivity index (χ1) is 8.70. The number of hydrogen-bond donors (Lipinski definition) is 1. The predicted octanol–water partition coefficient (Wildman–Crippen LogP) is 3.54. The van der Waals surface area contributed by atoms with Crippen molar-refractivity contribution in [1.29, 1.82) is 0 Å². The van der Waals surface area contributed by atoms with Crippen molar-refractivity contribution in [2.75, 3.05) is 0 Å². The summed E-state index contributed by atoms with van der Waals surface area (Å²) < 4.78 is 6.61. The summed E-state index contributed by atoms with van der Waals surface area (Å²) in [5.74, 6) is 0.416. The molecule has 94 valence electrons. The molecular formula is C13H12BrClN2O. The summed E-state index contributed by atoms with van der Waals surface area (Å²) in [7, 11) is 0. The van der Waals surface area contributed by atoms with E-state index in [0.29, 0.717) is 24.1 Å². The fourth-order valence-corrected chi connectivity index (χ4v) is 2.19. The van der Waals surface area contributed by atoms with Gasteiger partial charge < -0.3 is 10.5 Å². The van der Waals surface area contributed by atoms with Crippen LogP contribution in [0.15, 0.2) is 41.0 Å². The molecule has 3 nitrogen and oxygen atoms in total. The number of hydrogen-bond acceptors (Lipinski definition) is 3. The summed E-state index contributed by atoms with van der Waals surface area (Å²) in [6.45, 7) is 0.786. The Morgan fingerprint density at radius 2 is 2.17 bits per heavy atom. The van der Waals surface area contributed by atoms with Crippen LogP contribution in [0.4, 0.5) is 0 Å². The number of nitrogens with zero attached hydrogens (tertiary/aromatic N) is 1. The van der Waals surface area contributed by atoms with Gasteiger partial charge in [-0.3, -0.25) is 0 Å². The van der Waals surface area contributed by atoms with Gasteiger partial charge in [-0.2, -0.15) is 0 Å². The van der Waals surface area contributed by atoms with Crippen LogP contribution in [-0.4, -0.2) is 4.98 Å². The van der Waals surface area contributed by atoms with Gasteiger partial charge in [-0.25, -0.2) is 4.98 Å². The van der Waals surface area contributed by atoms with E-state index < -0.39 is 0 Å². The monoisotopic (exact) mass is 326 g/mol. The molecule has 2 rings (SSSR count). The van der Waals surface area contributed by atoms with Crippen molar-refractivity contribution in [2.45, 2.75) is 13.2 Å². The number of halogens is 2. The highest BCUT2D eigenvalue weighted by atomic mass is 79.9. The van der Waals surface area contributed by atoms with Gasteiger partial charge in [-0.05, 0) is 29.3 Å². The Bertz CT molecular complexity index is 548. The fourth-order valence-electron chi connectivity index (χ4n) is 1.50. The Labute approximate surface area is 119 Å². The van der Waals surface area contributed by atoms with Gasteiger partial charge in [0, 0.05) is 17.2 Å². The van der Waals surface area contributed by atoms with E-state index in [1.54, 1.807) is 12.3 Å². The summed E-state index contributed by atoms with van der Waals surface area (Å²) in [5, 5.41) is 0.481. The lowest BCUT2D eigenvalue weighted by Gasteiger charge is -2.09. The zero-order valence-corrected chi connectivity index (χ0v) is 11.9. The highest BCUT2D eigenvalue weighted by Gasteiger charge is 2.07. The Morgan fingerprint density at radius 3 is 2.89 bits per heavy atom. The van der Waals surface area contributed by atoms with Crippen molar-refractivity contribution in [3.63, 3.8) is 0 Å². The van der Waals surface area contributed by atoms with Crippen molar-refractivity contribution in [3.8, 4) is 5.88 Å². The average molecular weight is 328 g/mol. The van der Waals surface area contributed by atoms with E-state index in [0.717, 1.165) is 15.6 Å². The standard InChI is InChI=1S/C13H12BrClN2O/c14-11-3-1-2-9(6-11)8-18-13-12(15)10(7-16)4-5-17-13/h1-6H,7-8,16H2. The maximum absolute atomic E-state index is 6.13. The van der Waals surface area contributed by atoms with Crippen LogP contribution in [0.2, 0.25) is 5.02 Å². The molecule has 0 radical (unpaired) electrons. The first-order valence-corrected chi connectivity index (χ1v) is 6.58. The van der Waals surface area contributed by atoms with Gasteiger partial charge in [-0.1, -0.05) is 39.7 Å². The van der Waals surface area contributed by atoms with E-state index >= 15 is 0 Å². The van der Waals surface area contributed by atoms with Crippen LogP contribution >= 0.6 is 27.5 Å². The summed E-state index contributed by atoms with van der Waals surface area (Å²) in [6, 6.07) is 9.67. The second kappa shape index (κ2) is 6.18. The fraction of sp³-hybridized carbons (Fsp3) is 0.154. The molecule has 0 spiro atoms. The second-order valence-electron chi connectivity index (χ2n) is 3.71. The molecule has 0 fully saturated rings. The van der Waals surface area contributed by atoms with Gasteiger partial charge >= 0.3 is 0 Å². The highest BCUT2D eigenvalue weighted by molar-refractivity contribution is 9.10. The number of benzene rings is 1. The SMILES string of the molecule is NCc1ccnc(OCc2cccc(Br)c2)c1Cl. The minimum atomic E-state index is 0.370. The third-order valence-electron chi connectivity index (χ3n) is 2.42. The Balaban J connectivity index is 2.11. The maximum atomic E-state index is 6.13. The zero-order valence-electron chi connectivity index (χ0n) is 9.57. The van der Waals surface area contributed by atoms with E-state index in [-0.39, 0.29) is 0 Å². The van der Waals surface area contributed by atoms with E-state index in [1.165, 1.54) is 0 Å². The molecule has 0 bridgehead atoms. The van der Waals surface area contributed by atoms with Gasteiger partial charge in [0.15, 0.2) is 0 Å². The van der Waals surface area contributed by atoms with Crippen molar-refractivity contribution in [3.05, 3.63) is 57.2 Å².